The number of para-hydroxylation sites is 1. The third-order valence-corrected chi connectivity index (χ3v) is 4.87. The quantitative estimate of drug-likeness (QED) is 0.475. The number of hydrogen-bond donors (Lipinski definition) is 1. The molecule has 3 aromatic carbocycles. The average molecular weight is 428 g/mol. The number of nitrogens with zero attached hydrogens (tertiary/aromatic N) is 1. The Morgan fingerprint density at radius 1 is 0.906 bits per heavy atom. The number of amides is 4. The molecule has 1 aliphatic heterocycles. The van der Waals surface area contributed by atoms with Crippen LogP contribution in [0.3, 0.4) is 0 Å². The highest BCUT2D eigenvalue weighted by Gasteiger charge is 2.36. The van der Waals surface area contributed by atoms with Gasteiger partial charge in [-0.1, -0.05) is 48.5 Å². The molecule has 0 atom stereocenters. The van der Waals surface area contributed by atoms with Crippen molar-refractivity contribution in [1.82, 2.24) is 5.32 Å². The number of anilines is 1. The van der Waals surface area contributed by atoms with Gasteiger partial charge >= 0.3 is 6.03 Å². The number of barbiturate groups is 1. The first-order chi connectivity index (χ1) is 15.6. The van der Waals surface area contributed by atoms with Crippen molar-refractivity contribution in [3.05, 3.63) is 95.6 Å². The third-order valence-electron chi connectivity index (χ3n) is 4.87. The van der Waals surface area contributed by atoms with E-state index in [2.05, 4.69) is 5.32 Å². The van der Waals surface area contributed by atoms with Gasteiger partial charge in [0, 0.05) is 11.6 Å². The van der Waals surface area contributed by atoms with E-state index in [1.165, 1.54) is 13.2 Å². The first-order valence-electron chi connectivity index (χ1n) is 9.88. The largest absolute Gasteiger partial charge is 0.497 e. The molecule has 7 heteroatoms. The van der Waals surface area contributed by atoms with Crippen molar-refractivity contribution in [3.8, 4) is 11.5 Å². The van der Waals surface area contributed by atoms with Gasteiger partial charge in [-0.25, -0.2) is 9.69 Å². The number of nitrogens with one attached hydrogen (secondary N) is 1. The number of ether oxygens (including phenoxy) is 2. The lowest BCUT2D eigenvalue weighted by Crippen LogP contribution is -2.54. The van der Waals surface area contributed by atoms with Crippen LogP contribution in [0.25, 0.3) is 6.08 Å². The molecule has 0 aliphatic carbocycles. The highest BCUT2D eigenvalue weighted by molar-refractivity contribution is 6.39. The molecular weight excluding hydrogens is 408 g/mol. The maximum absolute atomic E-state index is 13.1. The number of urea groups is 1. The molecule has 0 bridgehead atoms. The topological polar surface area (TPSA) is 84.9 Å². The third kappa shape index (κ3) is 4.37. The standard InChI is InChI=1S/C25H20N2O5/c1-31-20-13-12-18(22(15-20)32-16-17-8-4-2-5-9-17)14-21-23(28)26-25(30)27(24(21)29)19-10-6-3-7-11-19/h2-15H,16H2,1H3,(H,26,28,30)/b21-14+. The van der Waals surface area contributed by atoms with Gasteiger partial charge in [-0.2, -0.15) is 0 Å². The minimum atomic E-state index is -0.793. The van der Waals surface area contributed by atoms with Crippen LogP contribution in [-0.2, 0) is 16.2 Å². The monoisotopic (exact) mass is 428 g/mol. The Morgan fingerprint density at radius 2 is 1.59 bits per heavy atom. The van der Waals surface area contributed by atoms with Crippen molar-refractivity contribution in [2.24, 2.45) is 0 Å². The Labute approximate surface area is 184 Å². The van der Waals surface area contributed by atoms with Gasteiger partial charge in [-0.05, 0) is 35.9 Å². The molecule has 1 aliphatic rings. The molecular formula is C25H20N2O5. The summed E-state index contributed by atoms with van der Waals surface area (Å²) >= 11 is 0. The van der Waals surface area contributed by atoms with E-state index < -0.39 is 17.8 Å². The van der Waals surface area contributed by atoms with Crippen molar-refractivity contribution >= 4 is 29.6 Å². The molecule has 4 amide bonds. The summed E-state index contributed by atoms with van der Waals surface area (Å²) in [5.41, 5.74) is 1.65. The van der Waals surface area contributed by atoms with Crippen LogP contribution in [0.4, 0.5) is 10.5 Å². The maximum Gasteiger partial charge on any atom is 0.335 e. The van der Waals surface area contributed by atoms with E-state index in [9.17, 15) is 14.4 Å². The van der Waals surface area contributed by atoms with Crippen LogP contribution < -0.4 is 19.7 Å². The second kappa shape index (κ2) is 9.18. The Kier molecular flexibility index (Phi) is 5.98. The Bertz CT molecular complexity index is 1190. The van der Waals surface area contributed by atoms with E-state index in [4.69, 9.17) is 9.47 Å². The fourth-order valence-corrected chi connectivity index (χ4v) is 3.25. The summed E-state index contributed by atoms with van der Waals surface area (Å²) in [6, 6.07) is 22.3. The van der Waals surface area contributed by atoms with Crippen molar-refractivity contribution in [2.75, 3.05) is 12.0 Å². The molecule has 0 aromatic heterocycles. The van der Waals surface area contributed by atoms with Crippen molar-refractivity contribution < 1.29 is 23.9 Å². The summed E-state index contributed by atoms with van der Waals surface area (Å²) < 4.78 is 11.2. The lowest BCUT2D eigenvalue weighted by Gasteiger charge is -2.26. The SMILES string of the molecule is COc1ccc(/C=C2\C(=O)NC(=O)N(c3ccccc3)C2=O)c(OCc2ccccc2)c1. The lowest BCUT2D eigenvalue weighted by atomic mass is 10.1. The zero-order chi connectivity index (χ0) is 22.5. The summed E-state index contributed by atoms with van der Waals surface area (Å²) in [7, 11) is 1.54. The zero-order valence-electron chi connectivity index (χ0n) is 17.3. The van der Waals surface area contributed by atoms with E-state index in [1.807, 2.05) is 30.3 Å². The number of carbonyl (C=O) groups is 3. The van der Waals surface area contributed by atoms with E-state index in [-0.39, 0.29) is 5.57 Å². The molecule has 0 spiro atoms. The fraction of sp³-hybridized carbons (Fsp3) is 0.0800. The Balaban J connectivity index is 1.69. The predicted octanol–water partition coefficient (Wildman–Crippen LogP) is 3.94. The molecule has 32 heavy (non-hydrogen) atoms. The van der Waals surface area contributed by atoms with Crippen LogP contribution in [0, 0.1) is 0 Å². The van der Waals surface area contributed by atoms with Gasteiger partial charge in [0.05, 0.1) is 12.8 Å². The summed E-state index contributed by atoms with van der Waals surface area (Å²) in [5.74, 6) is -0.480. The smallest absolute Gasteiger partial charge is 0.335 e. The Morgan fingerprint density at radius 3 is 2.28 bits per heavy atom. The first-order valence-corrected chi connectivity index (χ1v) is 9.88. The molecule has 1 heterocycles. The van der Waals surface area contributed by atoms with Gasteiger partial charge < -0.3 is 9.47 Å². The van der Waals surface area contributed by atoms with Crippen LogP contribution in [0.15, 0.2) is 84.4 Å². The summed E-state index contributed by atoms with van der Waals surface area (Å²) in [4.78, 5) is 38.8. The number of carbonyl (C=O) groups excluding carboxylic acids is 3. The van der Waals surface area contributed by atoms with Gasteiger partial charge in [0.25, 0.3) is 11.8 Å². The van der Waals surface area contributed by atoms with Gasteiger partial charge in [0.2, 0.25) is 0 Å². The number of rotatable bonds is 6. The van der Waals surface area contributed by atoms with E-state index in [0.29, 0.717) is 29.4 Å². The zero-order valence-corrected chi connectivity index (χ0v) is 17.3. The second-order valence-corrected chi connectivity index (χ2v) is 6.97. The number of methoxy groups -OCH3 is 1. The van der Waals surface area contributed by atoms with E-state index >= 15 is 0 Å². The van der Waals surface area contributed by atoms with Gasteiger partial charge in [-0.3, -0.25) is 14.9 Å². The summed E-state index contributed by atoms with van der Waals surface area (Å²) in [6.45, 7) is 0.291. The van der Waals surface area contributed by atoms with Crippen LogP contribution in [0.1, 0.15) is 11.1 Å². The normalized spacial score (nSPS) is 15.0. The second-order valence-electron chi connectivity index (χ2n) is 6.97. The fourth-order valence-electron chi connectivity index (χ4n) is 3.25. The van der Waals surface area contributed by atoms with Crippen molar-refractivity contribution in [3.63, 3.8) is 0 Å². The molecule has 3 aromatic rings. The summed E-state index contributed by atoms with van der Waals surface area (Å²) in [6.07, 6.45) is 1.42. The number of benzene rings is 3. The lowest BCUT2D eigenvalue weighted by molar-refractivity contribution is -0.122. The van der Waals surface area contributed by atoms with Crippen LogP contribution in [-0.4, -0.2) is 25.0 Å². The molecule has 0 radical (unpaired) electrons. The Hall–Kier alpha value is -4.39. The van der Waals surface area contributed by atoms with Crippen LogP contribution in [0.2, 0.25) is 0 Å². The molecule has 1 saturated heterocycles. The van der Waals surface area contributed by atoms with Crippen molar-refractivity contribution in [2.45, 2.75) is 6.61 Å². The van der Waals surface area contributed by atoms with Gasteiger partial charge in [0.15, 0.2) is 0 Å². The van der Waals surface area contributed by atoms with E-state index in [0.717, 1.165) is 10.5 Å². The molecule has 160 valence electrons. The number of imide groups is 2. The van der Waals surface area contributed by atoms with Crippen LogP contribution in [0.5, 0.6) is 11.5 Å². The molecule has 7 nitrogen and oxygen atoms in total. The minimum absolute atomic E-state index is 0.178. The molecule has 1 N–H and O–H groups in total. The van der Waals surface area contributed by atoms with Crippen molar-refractivity contribution in [1.29, 1.82) is 0 Å². The average Bonchev–Trinajstić information content (AvgIpc) is 2.82. The summed E-state index contributed by atoms with van der Waals surface area (Å²) in [5, 5.41) is 2.22. The molecule has 1 fully saturated rings. The van der Waals surface area contributed by atoms with Crippen LogP contribution >= 0.6 is 0 Å². The minimum Gasteiger partial charge on any atom is -0.497 e. The number of hydrogen-bond acceptors (Lipinski definition) is 5. The molecule has 4 rings (SSSR count). The van der Waals surface area contributed by atoms with Gasteiger partial charge in [-0.15, -0.1) is 0 Å². The molecule has 0 saturated carbocycles. The predicted molar refractivity (Wildman–Crippen MR) is 119 cm³/mol. The highest BCUT2D eigenvalue weighted by Crippen LogP contribution is 2.29. The molecule has 0 unspecified atom stereocenters. The van der Waals surface area contributed by atoms with Gasteiger partial charge in [0.1, 0.15) is 23.7 Å². The first kappa shape index (κ1) is 20.9. The maximum atomic E-state index is 13.1. The van der Waals surface area contributed by atoms with E-state index in [1.54, 1.807) is 48.5 Å². The highest BCUT2D eigenvalue weighted by atomic mass is 16.5.